The van der Waals surface area contributed by atoms with Crippen LogP contribution in [0.15, 0.2) is 0 Å². The van der Waals surface area contributed by atoms with Crippen LogP contribution in [0.25, 0.3) is 0 Å². The first kappa shape index (κ1) is 6.66. The van der Waals surface area contributed by atoms with E-state index in [2.05, 4.69) is 18.7 Å². The molecule has 10 heavy (non-hydrogen) atoms. The van der Waals surface area contributed by atoms with Gasteiger partial charge in [0.15, 0.2) is 0 Å². The van der Waals surface area contributed by atoms with Crippen molar-refractivity contribution in [3.8, 4) is 0 Å². The van der Waals surface area contributed by atoms with Crippen molar-refractivity contribution < 1.29 is 0 Å². The minimum atomic E-state index is 0.716. The van der Waals surface area contributed by atoms with Gasteiger partial charge in [0.05, 0.1) is 0 Å². The van der Waals surface area contributed by atoms with E-state index in [1.165, 1.54) is 32.2 Å². The SMILES string of the molecule is CC(C)N1CCC12CCC2. The Bertz CT molecular complexity index is 130. The molecule has 1 spiro atoms. The van der Waals surface area contributed by atoms with Crippen molar-refractivity contribution >= 4 is 0 Å². The summed E-state index contributed by atoms with van der Waals surface area (Å²) in [5, 5.41) is 0. The molecule has 2 fully saturated rings. The molecule has 1 heterocycles. The molecular weight excluding hydrogens is 122 g/mol. The van der Waals surface area contributed by atoms with Crippen LogP contribution in [0.2, 0.25) is 0 Å². The average Bonchev–Trinajstić information content (AvgIpc) is 1.53. The van der Waals surface area contributed by atoms with E-state index in [0.29, 0.717) is 5.54 Å². The van der Waals surface area contributed by atoms with Gasteiger partial charge in [-0.15, -0.1) is 0 Å². The van der Waals surface area contributed by atoms with Crippen LogP contribution in [-0.2, 0) is 0 Å². The molecule has 0 amide bonds. The molecule has 1 saturated carbocycles. The molecule has 1 saturated heterocycles. The van der Waals surface area contributed by atoms with Gasteiger partial charge in [-0.3, -0.25) is 4.90 Å². The Balaban J connectivity index is 1.99. The zero-order chi connectivity index (χ0) is 7.19. The lowest BCUT2D eigenvalue weighted by Crippen LogP contribution is -2.65. The molecule has 2 rings (SSSR count). The van der Waals surface area contributed by atoms with Crippen molar-refractivity contribution in [2.24, 2.45) is 0 Å². The highest BCUT2D eigenvalue weighted by Gasteiger charge is 2.49. The van der Waals surface area contributed by atoms with E-state index in [9.17, 15) is 0 Å². The molecule has 0 aromatic carbocycles. The van der Waals surface area contributed by atoms with E-state index < -0.39 is 0 Å². The molecule has 0 aromatic heterocycles. The largest absolute Gasteiger partial charge is 0.295 e. The standard InChI is InChI=1S/C9H17N/c1-8(2)10-7-6-9(10)4-3-5-9/h8H,3-7H2,1-2H3. The highest BCUT2D eigenvalue weighted by molar-refractivity contribution is 5.06. The number of likely N-dealkylation sites (tertiary alicyclic amines) is 1. The van der Waals surface area contributed by atoms with Crippen LogP contribution >= 0.6 is 0 Å². The number of nitrogens with zero attached hydrogens (tertiary/aromatic N) is 1. The van der Waals surface area contributed by atoms with Gasteiger partial charge < -0.3 is 0 Å². The van der Waals surface area contributed by atoms with Crippen molar-refractivity contribution in [2.75, 3.05) is 6.54 Å². The summed E-state index contributed by atoms with van der Waals surface area (Å²) in [5.74, 6) is 0. The molecule has 0 atom stereocenters. The predicted octanol–water partition coefficient (Wildman–Crippen LogP) is 2.02. The maximum Gasteiger partial charge on any atom is 0.0224 e. The molecule has 58 valence electrons. The van der Waals surface area contributed by atoms with E-state index in [0.717, 1.165) is 6.04 Å². The number of hydrogen-bond donors (Lipinski definition) is 0. The maximum absolute atomic E-state index is 2.68. The molecule has 0 N–H and O–H groups in total. The molecule has 1 aliphatic heterocycles. The third-order valence-corrected chi connectivity index (χ3v) is 3.33. The summed E-state index contributed by atoms with van der Waals surface area (Å²) in [6.45, 7) is 6.00. The van der Waals surface area contributed by atoms with E-state index in [4.69, 9.17) is 0 Å². The summed E-state index contributed by atoms with van der Waals surface area (Å²) in [4.78, 5) is 2.68. The van der Waals surface area contributed by atoms with E-state index in [1.54, 1.807) is 0 Å². The Kier molecular flexibility index (Phi) is 1.31. The van der Waals surface area contributed by atoms with E-state index >= 15 is 0 Å². The lowest BCUT2D eigenvalue weighted by atomic mass is 9.67. The minimum Gasteiger partial charge on any atom is -0.295 e. The van der Waals surface area contributed by atoms with Gasteiger partial charge in [-0.05, 0) is 39.5 Å². The molecule has 1 nitrogen and oxygen atoms in total. The highest BCUT2D eigenvalue weighted by Crippen LogP contribution is 2.47. The summed E-state index contributed by atoms with van der Waals surface area (Å²) in [6.07, 6.45) is 5.91. The lowest BCUT2D eigenvalue weighted by Gasteiger charge is -2.60. The Hall–Kier alpha value is -0.0400. The van der Waals surface area contributed by atoms with Gasteiger partial charge in [-0.1, -0.05) is 0 Å². The number of rotatable bonds is 1. The van der Waals surface area contributed by atoms with Crippen LogP contribution in [0.1, 0.15) is 39.5 Å². The summed E-state index contributed by atoms with van der Waals surface area (Å²) in [7, 11) is 0. The van der Waals surface area contributed by atoms with Gasteiger partial charge in [0, 0.05) is 18.1 Å². The van der Waals surface area contributed by atoms with Crippen molar-refractivity contribution in [1.29, 1.82) is 0 Å². The molecule has 0 radical (unpaired) electrons. The second-order valence-electron chi connectivity index (χ2n) is 4.12. The fourth-order valence-electron chi connectivity index (χ4n) is 2.49. The molecular formula is C9H17N. The lowest BCUT2D eigenvalue weighted by molar-refractivity contribution is -0.0926. The molecule has 0 unspecified atom stereocenters. The summed E-state index contributed by atoms with van der Waals surface area (Å²) in [5.41, 5.74) is 0.716. The van der Waals surface area contributed by atoms with Gasteiger partial charge in [-0.2, -0.15) is 0 Å². The van der Waals surface area contributed by atoms with Crippen molar-refractivity contribution in [1.82, 2.24) is 4.90 Å². The fourth-order valence-corrected chi connectivity index (χ4v) is 2.49. The van der Waals surface area contributed by atoms with Crippen molar-refractivity contribution in [2.45, 2.75) is 51.1 Å². The number of hydrogen-bond acceptors (Lipinski definition) is 1. The molecule has 0 bridgehead atoms. The fraction of sp³-hybridized carbons (Fsp3) is 1.00. The zero-order valence-corrected chi connectivity index (χ0v) is 7.06. The monoisotopic (exact) mass is 139 g/mol. The van der Waals surface area contributed by atoms with Gasteiger partial charge in [-0.25, -0.2) is 0 Å². The molecule has 1 heteroatoms. The average molecular weight is 139 g/mol. The van der Waals surface area contributed by atoms with Gasteiger partial charge >= 0.3 is 0 Å². The van der Waals surface area contributed by atoms with Crippen molar-refractivity contribution in [3.63, 3.8) is 0 Å². The predicted molar refractivity (Wildman–Crippen MR) is 43.0 cm³/mol. The van der Waals surface area contributed by atoms with E-state index in [-0.39, 0.29) is 0 Å². The van der Waals surface area contributed by atoms with Gasteiger partial charge in [0.1, 0.15) is 0 Å². The Labute approximate surface area is 63.4 Å². The first-order chi connectivity index (χ1) is 4.75. The van der Waals surface area contributed by atoms with Crippen LogP contribution in [-0.4, -0.2) is 23.0 Å². The third kappa shape index (κ3) is 0.672. The van der Waals surface area contributed by atoms with E-state index in [1.807, 2.05) is 0 Å². The van der Waals surface area contributed by atoms with Crippen LogP contribution in [0, 0.1) is 0 Å². The third-order valence-electron chi connectivity index (χ3n) is 3.33. The molecule has 0 aromatic rings. The highest BCUT2D eigenvalue weighted by atomic mass is 15.3. The summed E-state index contributed by atoms with van der Waals surface area (Å²) < 4.78 is 0. The second kappa shape index (κ2) is 1.97. The first-order valence-corrected chi connectivity index (χ1v) is 4.51. The normalized spacial score (nSPS) is 30.3. The second-order valence-corrected chi connectivity index (χ2v) is 4.12. The smallest absolute Gasteiger partial charge is 0.0224 e. The summed E-state index contributed by atoms with van der Waals surface area (Å²) in [6, 6.07) is 0.786. The van der Waals surface area contributed by atoms with Crippen LogP contribution < -0.4 is 0 Å². The van der Waals surface area contributed by atoms with Crippen LogP contribution in [0.4, 0.5) is 0 Å². The maximum atomic E-state index is 2.68. The van der Waals surface area contributed by atoms with Crippen LogP contribution in [0.5, 0.6) is 0 Å². The topological polar surface area (TPSA) is 3.24 Å². The van der Waals surface area contributed by atoms with Gasteiger partial charge in [0.25, 0.3) is 0 Å². The Morgan fingerprint density at radius 3 is 2.00 bits per heavy atom. The molecule has 1 aliphatic carbocycles. The van der Waals surface area contributed by atoms with Crippen LogP contribution in [0.3, 0.4) is 0 Å². The Morgan fingerprint density at radius 2 is 1.90 bits per heavy atom. The molecule has 2 aliphatic rings. The Morgan fingerprint density at radius 1 is 1.20 bits per heavy atom. The summed E-state index contributed by atoms with van der Waals surface area (Å²) >= 11 is 0. The van der Waals surface area contributed by atoms with Crippen molar-refractivity contribution in [3.05, 3.63) is 0 Å². The minimum absolute atomic E-state index is 0.716. The zero-order valence-electron chi connectivity index (χ0n) is 7.06. The quantitative estimate of drug-likeness (QED) is 0.537. The van der Waals surface area contributed by atoms with Gasteiger partial charge in [0.2, 0.25) is 0 Å². The first-order valence-electron chi connectivity index (χ1n) is 4.51.